The third-order valence-electron chi connectivity index (χ3n) is 4.60. The Hall–Kier alpha value is -3.30. The standard InChI is InChI=1S/C21H15F6NO3/c1-11-9-13(19(22)20(23,24)21(25,26)27)10-12(2)18(11)31-15-5-3-14(4-6-15)28-16(29)7-8-17(28)30/h3-10,19H,1-2H3. The summed E-state index contributed by atoms with van der Waals surface area (Å²) in [6.45, 7) is 2.76. The van der Waals surface area contributed by atoms with E-state index in [4.69, 9.17) is 4.74 Å². The summed E-state index contributed by atoms with van der Waals surface area (Å²) in [4.78, 5) is 24.3. The lowest BCUT2D eigenvalue weighted by atomic mass is 9.99. The maximum absolute atomic E-state index is 14.0. The first-order chi connectivity index (χ1) is 14.3. The number of aryl methyl sites for hydroxylation is 2. The van der Waals surface area contributed by atoms with E-state index < -0.39 is 35.6 Å². The summed E-state index contributed by atoms with van der Waals surface area (Å²) in [6, 6.07) is 7.51. The van der Waals surface area contributed by atoms with Gasteiger partial charge in [-0.3, -0.25) is 9.59 Å². The number of anilines is 1. The zero-order valence-electron chi connectivity index (χ0n) is 16.1. The third kappa shape index (κ3) is 4.14. The lowest BCUT2D eigenvalue weighted by Gasteiger charge is -2.24. The highest BCUT2D eigenvalue weighted by molar-refractivity contribution is 6.28. The van der Waals surface area contributed by atoms with Crippen LogP contribution in [0, 0.1) is 13.8 Å². The topological polar surface area (TPSA) is 46.6 Å². The highest BCUT2D eigenvalue weighted by atomic mass is 19.4. The minimum atomic E-state index is -6.03. The molecular formula is C21H15F6NO3. The van der Waals surface area contributed by atoms with Crippen LogP contribution < -0.4 is 9.64 Å². The van der Waals surface area contributed by atoms with E-state index in [2.05, 4.69) is 0 Å². The maximum Gasteiger partial charge on any atom is 0.456 e. The van der Waals surface area contributed by atoms with Gasteiger partial charge in [-0.15, -0.1) is 0 Å². The smallest absolute Gasteiger partial charge is 0.456 e. The minimum absolute atomic E-state index is 0.147. The Balaban J connectivity index is 1.83. The van der Waals surface area contributed by atoms with E-state index in [1.807, 2.05) is 0 Å². The van der Waals surface area contributed by atoms with Crippen LogP contribution in [0.4, 0.5) is 32.0 Å². The molecule has 0 radical (unpaired) electrons. The van der Waals surface area contributed by atoms with Gasteiger partial charge in [-0.05, 0) is 66.9 Å². The predicted molar refractivity (Wildman–Crippen MR) is 98.9 cm³/mol. The largest absolute Gasteiger partial charge is 0.457 e. The van der Waals surface area contributed by atoms with Crippen LogP contribution in [0.3, 0.4) is 0 Å². The number of benzene rings is 2. The van der Waals surface area contributed by atoms with E-state index in [9.17, 15) is 35.9 Å². The number of alkyl halides is 6. The van der Waals surface area contributed by atoms with Crippen LogP contribution in [0.2, 0.25) is 0 Å². The summed E-state index contributed by atoms with van der Waals surface area (Å²) in [6.07, 6.45) is -7.34. The van der Waals surface area contributed by atoms with Crippen molar-refractivity contribution in [2.45, 2.75) is 32.1 Å². The molecule has 2 amide bonds. The Bertz CT molecular complexity index is 1020. The molecule has 1 unspecified atom stereocenters. The van der Waals surface area contributed by atoms with Crippen LogP contribution >= 0.6 is 0 Å². The average molecular weight is 443 g/mol. The number of amides is 2. The summed E-state index contributed by atoms with van der Waals surface area (Å²) in [5.41, 5.74) is -0.230. The SMILES string of the molecule is Cc1cc(C(F)C(F)(F)C(F)(F)F)cc(C)c1Oc1ccc(N2C(=O)C=CC2=O)cc1. The van der Waals surface area contributed by atoms with Crippen molar-refractivity contribution in [1.29, 1.82) is 0 Å². The van der Waals surface area contributed by atoms with E-state index in [-0.39, 0.29) is 22.6 Å². The van der Waals surface area contributed by atoms with Crippen LogP contribution in [-0.4, -0.2) is 23.9 Å². The molecule has 0 saturated carbocycles. The molecule has 0 fully saturated rings. The van der Waals surface area contributed by atoms with Crippen molar-refractivity contribution in [2.24, 2.45) is 0 Å². The van der Waals surface area contributed by atoms with Crippen molar-refractivity contribution in [3.63, 3.8) is 0 Å². The maximum atomic E-state index is 14.0. The monoisotopic (exact) mass is 443 g/mol. The highest BCUT2D eigenvalue weighted by Gasteiger charge is 2.63. The fourth-order valence-electron chi connectivity index (χ4n) is 3.08. The number of carbonyl (C=O) groups is 2. The van der Waals surface area contributed by atoms with Crippen molar-refractivity contribution in [1.82, 2.24) is 0 Å². The quantitative estimate of drug-likeness (QED) is 0.438. The second kappa shape index (κ2) is 7.75. The molecule has 1 aliphatic rings. The number of hydrogen-bond donors (Lipinski definition) is 0. The van der Waals surface area contributed by atoms with E-state index >= 15 is 0 Å². The van der Waals surface area contributed by atoms with E-state index in [0.29, 0.717) is 5.69 Å². The zero-order chi connectivity index (χ0) is 23.1. The lowest BCUT2D eigenvalue weighted by Crippen LogP contribution is -2.40. The van der Waals surface area contributed by atoms with Gasteiger partial charge >= 0.3 is 12.1 Å². The molecule has 0 aliphatic carbocycles. The molecule has 0 N–H and O–H groups in total. The van der Waals surface area contributed by atoms with Gasteiger partial charge in [-0.2, -0.15) is 22.0 Å². The predicted octanol–water partition coefficient (Wildman–Crippen LogP) is 5.73. The van der Waals surface area contributed by atoms with Crippen molar-refractivity contribution >= 4 is 17.5 Å². The Morgan fingerprint density at radius 2 is 1.35 bits per heavy atom. The van der Waals surface area contributed by atoms with Gasteiger partial charge in [0, 0.05) is 12.2 Å². The molecule has 0 spiro atoms. The first-order valence-electron chi connectivity index (χ1n) is 8.86. The van der Waals surface area contributed by atoms with Crippen molar-refractivity contribution in [3.8, 4) is 11.5 Å². The summed E-state index contributed by atoms with van der Waals surface area (Å²) in [5.74, 6) is -6.15. The van der Waals surface area contributed by atoms with Crippen LogP contribution in [0.5, 0.6) is 11.5 Å². The second-order valence-electron chi connectivity index (χ2n) is 6.91. The molecule has 4 nitrogen and oxygen atoms in total. The van der Waals surface area contributed by atoms with Gasteiger partial charge in [0.2, 0.25) is 0 Å². The van der Waals surface area contributed by atoms with Gasteiger partial charge in [-0.1, -0.05) is 0 Å². The van der Waals surface area contributed by atoms with Gasteiger partial charge in [0.25, 0.3) is 11.8 Å². The van der Waals surface area contributed by atoms with Gasteiger partial charge in [0.1, 0.15) is 11.5 Å². The number of carbonyl (C=O) groups excluding carboxylic acids is 2. The Kier molecular flexibility index (Phi) is 5.60. The molecule has 2 aromatic rings. The summed E-state index contributed by atoms with van der Waals surface area (Å²) in [7, 11) is 0. The van der Waals surface area contributed by atoms with Gasteiger partial charge < -0.3 is 4.74 Å². The lowest BCUT2D eigenvalue weighted by molar-refractivity contribution is -0.305. The van der Waals surface area contributed by atoms with Crippen molar-refractivity contribution in [3.05, 3.63) is 65.2 Å². The molecule has 2 aromatic carbocycles. The summed E-state index contributed by atoms with van der Waals surface area (Å²) < 4.78 is 83.8. The minimum Gasteiger partial charge on any atom is -0.457 e. The van der Waals surface area contributed by atoms with E-state index in [1.165, 1.54) is 38.1 Å². The first kappa shape index (κ1) is 22.4. The molecule has 31 heavy (non-hydrogen) atoms. The van der Waals surface area contributed by atoms with E-state index in [1.54, 1.807) is 0 Å². The highest BCUT2D eigenvalue weighted by Crippen LogP contribution is 2.47. The summed E-state index contributed by atoms with van der Waals surface area (Å²) >= 11 is 0. The first-order valence-corrected chi connectivity index (χ1v) is 8.86. The molecule has 10 heteroatoms. The number of ether oxygens (including phenoxy) is 1. The fourth-order valence-corrected chi connectivity index (χ4v) is 3.08. The molecule has 3 rings (SSSR count). The van der Waals surface area contributed by atoms with Crippen molar-refractivity contribution in [2.75, 3.05) is 4.90 Å². The third-order valence-corrected chi connectivity index (χ3v) is 4.60. The van der Waals surface area contributed by atoms with Crippen LogP contribution in [0.25, 0.3) is 0 Å². The molecule has 0 aromatic heterocycles. The average Bonchev–Trinajstić information content (AvgIpc) is 3.02. The second-order valence-corrected chi connectivity index (χ2v) is 6.91. The zero-order valence-corrected chi connectivity index (χ0v) is 16.1. The number of halogens is 6. The molecule has 1 aliphatic heterocycles. The molecule has 1 heterocycles. The van der Waals surface area contributed by atoms with E-state index in [0.717, 1.165) is 29.2 Å². The van der Waals surface area contributed by atoms with Gasteiger partial charge in [0.05, 0.1) is 5.69 Å². The number of hydrogen-bond acceptors (Lipinski definition) is 3. The fraction of sp³-hybridized carbons (Fsp3) is 0.238. The molecule has 0 bridgehead atoms. The van der Waals surface area contributed by atoms with Crippen molar-refractivity contribution < 1.29 is 40.7 Å². The normalized spacial score (nSPS) is 15.5. The van der Waals surface area contributed by atoms with Crippen LogP contribution in [-0.2, 0) is 9.59 Å². The van der Waals surface area contributed by atoms with Crippen LogP contribution in [0.15, 0.2) is 48.6 Å². The number of nitrogens with zero attached hydrogens (tertiary/aromatic N) is 1. The number of rotatable bonds is 5. The van der Waals surface area contributed by atoms with Gasteiger partial charge in [0.15, 0.2) is 6.17 Å². The van der Waals surface area contributed by atoms with Gasteiger partial charge in [-0.25, -0.2) is 9.29 Å². The molecule has 1 atom stereocenters. The Morgan fingerprint density at radius 3 is 1.81 bits per heavy atom. The Morgan fingerprint density at radius 1 is 0.871 bits per heavy atom. The molecule has 164 valence electrons. The summed E-state index contributed by atoms with van der Waals surface area (Å²) in [5, 5.41) is 0. The molecule has 0 saturated heterocycles. The van der Waals surface area contributed by atoms with Crippen LogP contribution in [0.1, 0.15) is 22.9 Å². The molecular weight excluding hydrogens is 428 g/mol. The number of imide groups is 1. The Labute approximate surface area is 172 Å².